The number of amides is 1. The third kappa shape index (κ3) is 3.05. The van der Waals surface area contributed by atoms with Gasteiger partial charge in [-0.2, -0.15) is 0 Å². The van der Waals surface area contributed by atoms with Gasteiger partial charge in [0.05, 0.1) is 12.8 Å². The van der Waals surface area contributed by atoms with Gasteiger partial charge < -0.3 is 20.4 Å². The Morgan fingerprint density at radius 2 is 2.14 bits per heavy atom. The lowest BCUT2D eigenvalue weighted by Crippen LogP contribution is -2.16. The Labute approximate surface area is 131 Å². The number of aromatic nitrogens is 1. The molecule has 1 heterocycles. The molecule has 0 unspecified atom stereocenters. The first-order valence-electron chi connectivity index (χ1n) is 6.70. The Balaban J connectivity index is 1.85. The summed E-state index contributed by atoms with van der Waals surface area (Å²) in [5, 5.41) is 2.88. The summed E-state index contributed by atoms with van der Waals surface area (Å²) in [6.07, 6.45) is 4.02. The van der Waals surface area contributed by atoms with Gasteiger partial charge in [0.1, 0.15) is 11.4 Å². The molecule has 0 atom stereocenters. The number of nitrogens with two attached hydrogens (primary N) is 1. The molecule has 1 saturated carbocycles. The van der Waals surface area contributed by atoms with E-state index in [-0.39, 0.29) is 5.91 Å². The quantitative estimate of drug-likeness (QED) is 0.888. The molecule has 3 rings (SSSR count). The molecular weight excluding hydrogens is 334 g/mol. The molecule has 1 fully saturated rings. The fourth-order valence-corrected chi connectivity index (χ4v) is 2.76. The highest BCUT2D eigenvalue weighted by Gasteiger charge is 2.27. The number of carbonyl (C=O) groups is 1. The van der Waals surface area contributed by atoms with Crippen LogP contribution in [0.1, 0.15) is 29.4 Å². The fraction of sp³-hybridized carbons (Fsp3) is 0.267. The molecule has 2 aromatic rings. The molecule has 5 nitrogen and oxygen atoms in total. The van der Waals surface area contributed by atoms with Crippen LogP contribution < -0.4 is 15.8 Å². The summed E-state index contributed by atoms with van der Waals surface area (Å²) >= 11 is 3.40. The second-order valence-corrected chi connectivity index (χ2v) is 6.05. The lowest BCUT2D eigenvalue weighted by Gasteiger charge is -2.10. The van der Waals surface area contributed by atoms with Crippen molar-refractivity contribution in [1.82, 2.24) is 4.57 Å². The van der Waals surface area contributed by atoms with E-state index in [1.807, 2.05) is 22.9 Å². The van der Waals surface area contributed by atoms with E-state index in [2.05, 4.69) is 21.2 Å². The molecule has 1 aliphatic carbocycles. The summed E-state index contributed by atoms with van der Waals surface area (Å²) in [5.74, 6) is 0.510. The Kier molecular flexibility index (Phi) is 3.63. The molecule has 3 N–H and O–H groups in total. The summed E-state index contributed by atoms with van der Waals surface area (Å²) in [5.41, 5.74) is 7.69. The van der Waals surface area contributed by atoms with Crippen LogP contribution in [-0.4, -0.2) is 17.6 Å². The van der Waals surface area contributed by atoms with Crippen LogP contribution in [-0.2, 0) is 0 Å². The molecule has 1 aliphatic rings. The van der Waals surface area contributed by atoms with E-state index < -0.39 is 0 Å². The minimum absolute atomic E-state index is 0.168. The summed E-state index contributed by atoms with van der Waals surface area (Å²) in [4.78, 5) is 12.4. The van der Waals surface area contributed by atoms with Crippen molar-refractivity contribution in [2.24, 2.45) is 0 Å². The predicted octanol–water partition coefficient (Wildman–Crippen LogP) is 3.43. The number of rotatable bonds is 4. The predicted molar refractivity (Wildman–Crippen MR) is 85.8 cm³/mol. The molecular formula is C15H16BrN3O2. The summed E-state index contributed by atoms with van der Waals surface area (Å²) in [7, 11) is 1.59. The van der Waals surface area contributed by atoms with E-state index in [0.29, 0.717) is 28.9 Å². The van der Waals surface area contributed by atoms with Crippen molar-refractivity contribution in [3.8, 4) is 5.75 Å². The van der Waals surface area contributed by atoms with Crippen LogP contribution in [0, 0.1) is 0 Å². The number of methoxy groups -OCH3 is 1. The Morgan fingerprint density at radius 1 is 1.38 bits per heavy atom. The van der Waals surface area contributed by atoms with Crippen molar-refractivity contribution < 1.29 is 9.53 Å². The molecule has 0 bridgehead atoms. The van der Waals surface area contributed by atoms with Crippen LogP contribution in [0.5, 0.6) is 5.75 Å². The third-order valence-electron chi connectivity index (χ3n) is 3.41. The number of carbonyl (C=O) groups excluding carboxylic acids is 1. The monoisotopic (exact) mass is 349 g/mol. The molecule has 0 radical (unpaired) electrons. The first-order valence-corrected chi connectivity index (χ1v) is 7.49. The van der Waals surface area contributed by atoms with Crippen LogP contribution in [0.3, 0.4) is 0 Å². The first kappa shape index (κ1) is 14.0. The van der Waals surface area contributed by atoms with Crippen molar-refractivity contribution in [1.29, 1.82) is 0 Å². The number of hydrogen-bond donors (Lipinski definition) is 2. The normalized spacial score (nSPS) is 14.0. The lowest BCUT2D eigenvalue weighted by molar-refractivity contribution is 0.101. The highest BCUT2D eigenvalue weighted by atomic mass is 79.9. The number of nitrogens with one attached hydrogen (secondary N) is 1. The van der Waals surface area contributed by atoms with Gasteiger partial charge in [-0.05, 0) is 31.0 Å². The van der Waals surface area contributed by atoms with Crippen LogP contribution in [0.15, 0.2) is 34.9 Å². The number of halogens is 1. The van der Waals surface area contributed by atoms with E-state index >= 15 is 0 Å². The average molecular weight is 350 g/mol. The average Bonchev–Trinajstić information content (AvgIpc) is 3.20. The SMILES string of the molecule is COc1cc(Br)cc(NC(=O)c2cc(N)cn2C2CC2)c1. The number of benzene rings is 1. The maximum absolute atomic E-state index is 12.4. The summed E-state index contributed by atoms with van der Waals surface area (Å²) in [6, 6.07) is 7.55. The van der Waals surface area contributed by atoms with Gasteiger partial charge in [-0.1, -0.05) is 15.9 Å². The van der Waals surface area contributed by atoms with Gasteiger partial charge >= 0.3 is 0 Å². The maximum Gasteiger partial charge on any atom is 0.272 e. The highest BCUT2D eigenvalue weighted by molar-refractivity contribution is 9.10. The van der Waals surface area contributed by atoms with E-state index in [9.17, 15) is 4.79 Å². The molecule has 0 saturated heterocycles. The first-order chi connectivity index (χ1) is 10.1. The minimum atomic E-state index is -0.168. The molecule has 110 valence electrons. The van der Waals surface area contributed by atoms with Gasteiger partial charge in [0.15, 0.2) is 0 Å². The number of ether oxygens (including phenoxy) is 1. The molecule has 1 aromatic carbocycles. The van der Waals surface area contributed by atoms with E-state index in [1.54, 1.807) is 19.2 Å². The fourth-order valence-electron chi connectivity index (χ4n) is 2.29. The van der Waals surface area contributed by atoms with Gasteiger partial charge in [-0.25, -0.2) is 0 Å². The topological polar surface area (TPSA) is 69.3 Å². The highest BCUT2D eigenvalue weighted by Crippen LogP contribution is 2.37. The van der Waals surface area contributed by atoms with Gasteiger partial charge in [-0.15, -0.1) is 0 Å². The number of nitrogens with zero attached hydrogens (tertiary/aromatic N) is 1. The van der Waals surface area contributed by atoms with Gasteiger partial charge in [0, 0.05) is 28.5 Å². The number of nitrogen functional groups attached to an aromatic ring is 1. The van der Waals surface area contributed by atoms with Crippen molar-refractivity contribution in [2.45, 2.75) is 18.9 Å². The zero-order valence-electron chi connectivity index (χ0n) is 11.6. The Hall–Kier alpha value is -1.95. The van der Waals surface area contributed by atoms with Crippen molar-refractivity contribution in [3.05, 3.63) is 40.6 Å². The van der Waals surface area contributed by atoms with Crippen LogP contribution in [0.4, 0.5) is 11.4 Å². The van der Waals surface area contributed by atoms with Crippen molar-refractivity contribution >= 4 is 33.2 Å². The minimum Gasteiger partial charge on any atom is -0.497 e. The van der Waals surface area contributed by atoms with E-state index in [1.165, 1.54) is 0 Å². The van der Waals surface area contributed by atoms with Gasteiger partial charge in [0.2, 0.25) is 0 Å². The molecule has 0 aliphatic heterocycles. The lowest BCUT2D eigenvalue weighted by atomic mass is 10.3. The zero-order chi connectivity index (χ0) is 15.0. The second kappa shape index (κ2) is 5.44. The van der Waals surface area contributed by atoms with Crippen LogP contribution in [0.2, 0.25) is 0 Å². The van der Waals surface area contributed by atoms with E-state index in [4.69, 9.17) is 10.5 Å². The summed E-state index contributed by atoms with van der Waals surface area (Å²) in [6.45, 7) is 0. The molecule has 0 spiro atoms. The molecule has 6 heteroatoms. The summed E-state index contributed by atoms with van der Waals surface area (Å²) < 4.78 is 7.99. The third-order valence-corrected chi connectivity index (χ3v) is 3.87. The molecule has 1 aromatic heterocycles. The Bertz CT molecular complexity index is 692. The molecule has 1 amide bonds. The zero-order valence-corrected chi connectivity index (χ0v) is 13.2. The van der Waals surface area contributed by atoms with E-state index in [0.717, 1.165) is 17.3 Å². The number of anilines is 2. The van der Waals surface area contributed by atoms with Crippen molar-refractivity contribution in [2.75, 3.05) is 18.2 Å². The standard InChI is InChI=1S/C15H16BrN3O2/c1-21-13-5-9(16)4-11(7-13)18-15(20)14-6-10(17)8-19(14)12-2-3-12/h4-8,12H,2-3,17H2,1H3,(H,18,20). The van der Waals surface area contributed by atoms with Crippen LogP contribution in [0.25, 0.3) is 0 Å². The molecule has 21 heavy (non-hydrogen) atoms. The Morgan fingerprint density at radius 3 is 2.81 bits per heavy atom. The number of hydrogen-bond acceptors (Lipinski definition) is 3. The van der Waals surface area contributed by atoms with Gasteiger partial charge in [-0.3, -0.25) is 4.79 Å². The van der Waals surface area contributed by atoms with Crippen LogP contribution >= 0.6 is 15.9 Å². The van der Waals surface area contributed by atoms with Crippen molar-refractivity contribution in [3.63, 3.8) is 0 Å². The maximum atomic E-state index is 12.4. The largest absolute Gasteiger partial charge is 0.497 e. The van der Waals surface area contributed by atoms with Gasteiger partial charge in [0.25, 0.3) is 5.91 Å². The smallest absolute Gasteiger partial charge is 0.272 e. The second-order valence-electron chi connectivity index (χ2n) is 5.13.